The molecule has 10 rings (SSSR count). The second-order valence-electron chi connectivity index (χ2n) is 18.4. The van der Waals surface area contributed by atoms with Gasteiger partial charge >= 0.3 is 12.1 Å². The highest BCUT2D eigenvalue weighted by Crippen LogP contribution is 2.66. The number of carbonyl (C=O) groups is 4. The lowest BCUT2D eigenvalue weighted by molar-refractivity contribution is -0.384. The van der Waals surface area contributed by atoms with Crippen LogP contribution in [-0.2, 0) is 35.9 Å². The topological polar surface area (TPSA) is 207 Å². The summed E-state index contributed by atoms with van der Waals surface area (Å²) in [4.78, 5) is 76.8. The van der Waals surface area contributed by atoms with Crippen molar-refractivity contribution in [2.45, 2.75) is 42.4 Å². The number of nitrogens with one attached hydrogen (secondary N) is 1. The molecule has 7 aromatic rings. The standard InChI is InChI=1S/C60H50N4O12/c1-73-46-29-24-38(25-30-46)20-21-39-26-31-49-48(34-39)60(58(69)62(49)59(70)75-37-40-22-27-45(28-23-40)64(71)72)51(56(67)61-36-50(66)41-12-5-2-6-13-41)53-57(68)76-54(43-16-9-4-10-17-43)52(42-14-7-3-8-15-42)63(53)55(60)44-18-11-19-47(35-44)74-33-32-65/h2-19,22-31,34-35,50-55,65-66H,32-33,36-37H2,1H3,(H,61,67). The van der Waals surface area contributed by atoms with Gasteiger partial charge in [-0.3, -0.25) is 29.4 Å². The van der Waals surface area contributed by atoms with E-state index in [4.69, 9.17) is 18.9 Å². The lowest BCUT2D eigenvalue weighted by Gasteiger charge is -2.46. The Morgan fingerprint density at radius 2 is 1.41 bits per heavy atom. The van der Waals surface area contributed by atoms with Crippen molar-refractivity contribution in [3.05, 3.63) is 237 Å². The van der Waals surface area contributed by atoms with Crippen LogP contribution in [0.5, 0.6) is 11.5 Å². The maximum Gasteiger partial charge on any atom is 0.421 e. The first-order valence-corrected chi connectivity index (χ1v) is 24.5. The quantitative estimate of drug-likeness (QED) is 0.0407. The average Bonchev–Trinajstić information content (AvgIpc) is 3.98. The number of anilines is 1. The first-order chi connectivity index (χ1) is 37.0. The first kappa shape index (κ1) is 50.4. The van der Waals surface area contributed by atoms with Gasteiger partial charge in [0.15, 0.2) is 0 Å². The van der Waals surface area contributed by atoms with Crippen LogP contribution in [0.2, 0.25) is 0 Å². The van der Waals surface area contributed by atoms with Gasteiger partial charge in [0.2, 0.25) is 11.8 Å². The molecule has 382 valence electrons. The SMILES string of the molecule is COc1ccc(C#Cc2ccc3c(c2)C2(C(=O)N3C(=O)OCc3ccc([N+](=O)[O-])cc3)C(C(=O)NCC(O)c3ccccc3)C3C(=O)OC(c4ccccc4)C(c4ccccc4)N3C2c2cccc(OCCO)c2)cc1. The fraction of sp³-hybridized carbons (Fsp3) is 0.200. The van der Waals surface area contributed by atoms with Gasteiger partial charge in [-0.1, -0.05) is 115 Å². The zero-order chi connectivity index (χ0) is 52.9. The van der Waals surface area contributed by atoms with Crippen molar-refractivity contribution in [1.82, 2.24) is 10.2 Å². The van der Waals surface area contributed by atoms with Crippen molar-refractivity contribution in [1.29, 1.82) is 0 Å². The van der Waals surface area contributed by atoms with E-state index in [1.54, 1.807) is 104 Å². The van der Waals surface area contributed by atoms with Gasteiger partial charge in [0.25, 0.3) is 5.69 Å². The Bertz CT molecular complexity index is 3350. The molecule has 7 aromatic carbocycles. The van der Waals surface area contributed by atoms with E-state index in [1.807, 2.05) is 65.6 Å². The van der Waals surface area contributed by atoms with Gasteiger partial charge in [0, 0.05) is 29.8 Å². The number of hydrogen-bond acceptors (Lipinski definition) is 13. The molecule has 16 heteroatoms. The summed E-state index contributed by atoms with van der Waals surface area (Å²) in [6, 6.07) is 47.5. The Kier molecular flexibility index (Phi) is 14.4. The van der Waals surface area contributed by atoms with Crippen molar-refractivity contribution >= 4 is 35.3 Å². The van der Waals surface area contributed by atoms with Gasteiger partial charge in [0.1, 0.15) is 42.3 Å². The number of cyclic esters (lactones) is 1. The van der Waals surface area contributed by atoms with Crippen molar-refractivity contribution < 1.29 is 53.3 Å². The third-order valence-electron chi connectivity index (χ3n) is 14.1. The number of non-ortho nitro benzene ring substituents is 1. The molecule has 7 unspecified atom stereocenters. The number of nitro groups is 1. The Morgan fingerprint density at radius 1 is 0.763 bits per heavy atom. The van der Waals surface area contributed by atoms with E-state index >= 15 is 14.4 Å². The lowest BCUT2D eigenvalue weighted by atomic mass is 9.65. The number of amides is 3. The van der Waals surface area contributed by atoms with Gasteiger partial charge in [-0.15, -0.1) is 0 Å². The maximum absolute atomic E-state index is 16.7. The molecule has 0 radical (unpaired) electrons. The highest BCUT2D eigenvalue weighted by molar-refractivity contribution is 6.23. The molecular formula is C60H50N4O12. The highest BCUT2D eigenvalue weighted by Gasteiger charge is 2.76. The summed E-state index contributed by atoms with van der Waals surface area (Å²) in [6.07, 6.45) is -3.36. The molecule has 0 aliphatic carbocycles. The van der Waals surface area contributed by atoms with Crippen LogP contribution in [0.1, 0.15) is 68.8 Å². The fourth-order valence-electron chi connectivity index (χ4n) is 10.7. The van der Waals surface area contributed by atoms with E-state index < -0.39 is 77.1 Å². The largest absolute Gasteiger partial charge is 0.497 e. The number of esters is 1. The fourth-order valence-corrected chi connectivity index (χ4v) is 10.7. The Morgan fingerprint density at radius 3 is 2.08 bits per heavy atom. The maximum atomic E-state index is 16.7. The van der Waals surface area contributed by atoms with E-state index in [9.17, 15) is 25.1 Å². The minimum absolute atomic E-state index is 0.0394. The summed E-state index contributed by atoms with van der Waals surface area (Å²) in [6.45, 7) is -1.13. The number of benzene rings is 7. The molecule has 2 fully saturated rings. The van der Waals surface area contributed by atoms with Crippen LogP contribution in [0.15, 0.2) is 182 Å². The molecule has 0 aromatic heterocycles. The lowest BCUT2D eigenvalue weighted by Crippen LogP contribution is -2.56. The predicted octanol–water partition coefficient (Wildman–Crippen LogP) is 8.23. The normalized spacial score (nSPS) is 20.8. The summed E-state index contributed by atoms with van der Waals surface area (Å²) >= 11 is 0. The molecule has 76 heavy (non-hydrogen) atoms. The number of carbonyl (C=O) groups excluding carboxylic acids is 4. The van der Waals surface area contributed by atoms with E-state index in [2.05, 4.69) is 17.2 Å². The zero-order valence-corrected chi connectivity index (χ0v) is 40.9. The van der Waals surface area contributed by atoms with Gasteiger partial charge in [-0.25, -0.2) is 9.69 Å². The molecule has 7 atom stereocenters. The highest BCUT2D eigenvalue weighted by atomic mass is 16.6. The molecular weight excluding hydrogens is 969 g/mol. The minimum Gasteiger partial charge on any atom is -0.497 e. The number of aliphatic hydroxyl groups excluding tert-OH is 2. The zero-order valence-electron chi connectivity index (χ0n) is 40.9. The number of methoxy groups -OCH3 is 1. The second kappa shape index (κ2) is 21.8. The molecule has 3 N–H and O–H groups in total. The smallest absolute Gasteiger partial charge is 0.421 e. The summed E-state index contributed by atoms with van der Waals surface area (Å²) in [5, 5.41) is 35.8. The number of hydrogen-bond donors (Lipinski definition) is 3. The molecule has 0 saturated carbocycles. The van der Waals surface area contributed by atoms with Crippen molar-refractivity contribution in [3.63, 3.8) is 0 Å². The molecule has 1 spiro atoms. The van der Waals surface area contributed by atoms with Crippen LogP contribution in [0.4, 0.5) is 16.2 Å². The number of rotatable bonds is 14. The molecule has 3 amide bonds. The summed E-state index contributed by atoms with van der Waals surface area (Å²) < 4.78 is 23.8. The molecule has 3 heterocycles. The van der Waals surface area contributed by atoms with E-state index in [0.29, 0.717) is 50.4 Å². The van der Waals surface area contributed by atoms with E-state index in [-0.39, 0.29) is 36.7 Å². The number of imide groups is 1. The van der Waals surface area contributed by atoms with Crippen LogP contribution in [0.3, 0.4) is 0 Å². The third kappa shape index (κ3) is 9.50. The van der Waals surface area contributed by atoms with Crippen molar-refractivity contribution in [2.24, 2.45) is 5.92 Å². The van der Waals surface area contributed by atoms with Gasteiger partial charge < -0.3 is 34.5 Å². The first-order valence-electron chi connectivity index (χ1n) is 24.5. The number of fused-ring (bicyclic) bond motifs is 3. The number of aliphatic hydroxyl groups is 2. The van der Waals surface area contributed by atoms with E-state index in [1.165, 1.54) is 24.3 Å². The van der Waals surface area contributed by atoms with Gasteiger partial charge in [0.05, 0.1) is 48.4 Å². The Balaban J connectivity index is 1.23. The third-order valence-corrected chi connectivity index (χ3v) is 14.1. The van der Waals surface area contributed by atoms with Crippen LogP contribution in [-0.4, -0.2) is 76.8 Å². The number of ether oxygens (including phenoxy) is 4. The van der Waals surface area contributed by atoms with Crippen molar-refractivity contribution in [3.8, 4) is 23.3 Å². The summed E-state index contributed by atoms with van der Waals surface area (Å²) in [5.74, 6) is 3.05. The molecule has 3 aliphatic rings. The van der Waals surface area contributed by atoms with Crippen LogP contribution in [0.25, 0.3) is 0 Å². The number of nitro benzene ring substituents is 1. The van der Waals surface area contributed by atoms with Gasteiger partial charge in [-0.2, -0.15) is 0 Å². The van der Waals surface area contributed by atoms with E-state index in [0.717, 1.165) is 4.90 Å². The molecule has 0 bridgehead atoms. The molecule has 2 saturated heterocycles. The number of nitrogens with zero attached hydrogens (tertiary/aromatic N) is 3. The average molecular weight is 1020 g/mol. The monoisotopic (exact) mass is 1020 g/mol. The van der Waals surface area contributed by atoms with Crippen LogP contribution >= 0.6 is 0 Å². The summed E-state index contributed by atoms with van der Waals surface area (Å²) in [7, 11) is 1.56. The van der Waals surface area contributed by atoms with Crippen LogP contribution < -0.4 is 19.7 Å². The number of morpholine rings is 1. The van der Waals surface area contributed by atoms with Gasteiger partial charge in [-0.05, 0) is 100 Å². The molecule has 3 aliphatic heterocycles. The predicted molar refractivity (Wildman–Crippen MR) is 278 cm³/mol. The summed E-state index contributed by atoms with van der Waals surface area (Å²) in [5.41, 5.74) is 1.40. The van der Waals surface area contributed by atoms with Crippen molar-refractivity contribution in [2.75, 3.05) is 31.8 Å². The van der Waals surface area contributed by atoms with Crippen LogP contribution in [0, 0.1) is 27.9 Å². The second-order valence-corrected chi connectivity index (χ2v) is 18.4. The Hall–Kier alpha value is -9.14. The Labute approximate surface area is 437 Å². The molecule has 16 nitrogen and oxygen atoms in total. The minimum atomic E-state index is -2.22.